The standard InChI is InChI=1S/C19H16O6S/c1-24-17-7-3-5-12-9-15(18(25-2)10-14(12)17)13-6-4-8-19(16(13)11-20)26(21,22)23/h3-11H,1-2H3,(H,21,22,23). The van der Waals surface area contributed by atoms with E-state index in [2.05, 4.69) is 0 Å². The molecule has 0 amide bonds. The van der Waals surface area contributed by atoms with E-state index < -0.39 is 15.0 Å². The third-order valence-electron chi connectivity index (χ3n) is 4.13. The number of ether oxygens (including phenoxy) is 2. The minimum absolute atomic E-state index is 0.129. The minimum atomic E-state index is -4.54. The molecule has 0 saturated heterocycles. The van der Waals surface area contributed by atoms with Crippen LogP contribution in [0.15, 0.2) is 53.4 Å². The van der Waals surface area contributed by atoms with Crippen molar-refractivity contribution in [3.8, 4) is 22.6 Å². The highest BCUT2D eigenvalue weighted by molar-refractivity contribution is 7.86. The average Bonchev–Trinajstić information content (AvgIpc) is 2.64. The molecule has 0 unspecified atom stereocenters. The molecule has 0 aliphatic rings. The monoisotopic (exact) mass is 372 g/mol. The van der Waals surface area contributed by atoms with Gasteiger partial charge in [0, 0.05) is 16.5 Å². The highest BCUT2D eigenvalue weighted by Gasteiger charge is 2.21. The van der Waals surface area contributed by atoms with E-state index in [1.165, 1.54) is 19.2 Å². The SMILES string of the molecule is COc1cc2c(OC)cccc2cc1-c1cccc(S(=O)(=O)O)c1C=O. The molecule has 0 radical (unpaired) electrons. The molecule has 0 fully saturated rings. The lowest BCUT2D eigenvalue weighted by atomic mass is 9.96. The van der Waals surface area contributed by atoms with E-state index in [9.17, 15) is 17.8 Å². The Morgan fingerprint density at radius 3 is 2.23 bits per heavy atom. The molecule has 0 spiro atoms. The van der Waals surface area contributed by atoms with E-state index in [1.54, 1.807) is 25.3 Å². The Labute approximate surface area is 150 Å². The van der Waals surface area contributed by atoms with Gasteiger partial charge in [-0.25, -0.2) is 0 Å². The van der Waals surface area contributed by atoms with Crippen molar-refractivity contribution in [2.75, 3.05) is 14.2 Å². The van der Waals surface area contributed by atoms with Gasteiger partial charge in [0.25, 0.3) is 10.1 Å². The smallest absolute Gasteiger partial charge is 0.295 e. The van der Waals surface area contributed by atoms with Gasteiger partial charge in [0.1, 0.15) is 16.4 Å². The number of carbonyl (C=O) groups is 1. The van der Waals surface area contributed by atoms with Crippen LogP contribution in [0.4, 0.5) is 0 Å². The first kappa shape index (κ1) is 17.9. The average molecular weight is 372 g/mol. The zero-order chi connectivity index (χ0) is 18.9. The third-order valence-corrected chi connectivity index (χ3v) is 5.04. The normalized spacial score (nSPS) is 11.3. The summed E-state index contributed by atoms with van der Waals surface area (Å²) in [6.45, 7) is 0. The highest BCUT2D eigenvalue weighted by Crippen LogP contribution is 2.39. The van der Waals surface area contributed by atoms with E-state index in [1.807, 2.05) is 18.2 Å². The molecule has 3 aromatic rings. The third kappa shape index (κ3) is 3.02. The van der Waals surface area contributed by atoms with Crippen LogP contribution in [0.1, 0.15) is 10.4 Å². The van der Waals surface area contributed by atoms with Crippen LogP contribution in [0.25, 0.3) is 21.9 Å². The zero-order valence-corrected chi connectivity index (χ0v) is 14.9. The molecule has 6 nitrogen and oxygen atoms in total. The van der Waals surface area contributed by atoms with Crippen molar-refractivity contribution < 1.29 is 27.2 Å². The second kappa shape index (κ2) is 6.78. The van der Waals surface area contributed by atoms with Crippen LogP contribution in [-0.2, 0) is 10.1 Å². The summed E-state index contributed by atoms with van der Waals surface area (Å²) in [6.07, 6.45) is 0.410. The molecule has 1 N–H and O–H groups in total. The van der Waals surface area contributed by atoms with Gasteiger partial charge in [-0.15, -0.1) is 0 Å². The molecular formula is C19H16O6S. The maximum absolute atomic E-state index is 11.6. The van der Waals surface area contributed by atoms with E-state index in [0.717, 1.165) is 10.8 Å². The predicted molar refractivity (Wildman–Crippen MR) is 97.7 cm³/mol. The molecule has 3 rings (SSSR count). The maximum Gasteiger partial charge on any atom is 0.295 e. The van der Waals surface area contributed by atoms with Crippen LogP contribution in [0.5, 0.6) is 11.5 Å². The summed E-state index contributed by atoms with van der Waals surface area (Å²) in [4.78, 5) is 11.1. The van der Waals surface area contributed by atoms with E-state index in [-0.39, 0.29) is 5.56 Å². The number of rotatable bonds is 5. The number of hydrogen-bond donors (Lipinski definition) is 1. The summed E-state index contributed by atoms with van der Waals surface area (Å²) in [7, 11) is -1.50. The van der Waals surface area contributed by atoms with Crippen molar-refractivity contribution in [3.05, 3.63) is 54.1 Å². The Morgan fingerprint density at radius 1 is 0.923 bits per heavy atom. The molecule has 3 aromatic carbocycles. The van der Waals surface area contributed by atoms with Crippen molar-refractivity contribution in [2.24, 2.45) is 0 Å². The van der Waals surface area contributed by atoms with E-state index >= 15 is 0 Å². The van der Waals surface area contributed by atoms with Gasteiger partial charge in [0.15, 0.2) is 6.29 Å². The fraction of sp³-hybridized carbons (Fsp3) is 0.105. The molecule has 0 saturated carbocycles. The van der Waals surface area contributed by atoms with Gasteiger partial charge in [0.2, 0.25) is 0 Å². The molecule has 0 bridgehead atoms. The van der Waals surface area contributed by atoms with Crippen molar-refractivity contribution in [2.45, 2.75) is 4.90 Å². The first-order chi connectivity index (χ1) is 12.4. The van der Waals surface area contributed by atoms with Crippen molar-refractivity contribution in [1.29, 1.82) is 0 Å². The lowest BCUT2D eigenvalue weighted by molar-refractivity contribution is 0.112. The Hall–Kier alpha value is -2.90. The fourth-order valence-electron chi connectivity index (χ4n) is 2.96. The van der Waals surface area contributed by atoms with Crippen molar-refractivity contribution >= 4 is 27.2 Å². The van der Waals surface area contributed by atoms with Crippen molar-refractivity contribution in [3.63, 3.8) is 0 Å². The largest absolute Gasteiger partial charge is 0.496 e. The van der Waals surface area contributed by atoms with Crippen LogP contribution < -0.4 is 9.47 Å². The lowest BCUT2D eigenvalue weighted by Gasteiger charge is -2.15. The topological polar surface area (TPSA) is 89.9 Å². The van der Waals surface area contributed by atoms with Crippen LogP contribution in [0.2, 0.25) is 0 Å². The summed E-state index contributed by atoms with van der Waals surface area (Å²) in [5.74, 6) is 1.10. The van der Waals surface area contributed by atoms with Gasteiger partial charge < -0.3 is 9.47 Å². The zero-order valence-electron chi connectivity index (χ0n) is 14.1. The molecular weight excluding hydrogens is 356 g/mol. The molecule has 0 aliphatic heterocycles. The Morgan fingerprint density at radius 2 is 1.62 bits per heavy atom. The fourth-order valence-corrected chi connectivity index (χ4v) is 3.65. The van der Waals surface area contributed by atoms with Crippen molar-refractivity contribution in [1.82, 2.24) is 0 Å². The number of aldehydes is 1. The van der Waals surface area contributed by atoms with E-state index in [0.29, 0.717) is 28.9 Å². The summed E-state index contributed by atoms with van der Waals surface area (Å²) in [5.41, 5.74) is 0.744. The lowest BCUT2D eigenvalue weighted by Crippen LogP contribution is -2.04. The first-order valence-corrected chi connectivity index (χ1v) is 9.05. The van der Waals surface area contributed by atoms with Crippen LogP contribution in [0.3, 0.4) is 0 Å². The Bertz CT molecular complexity index is 1100. The number of hydrogen-bond acceptors (Lipinski definition) is 5. The molecule has 26 heavy (non-hydrogen) atoms. The summed E-state index contributed by atoms with van der Waals surface area (Å²) >= 11 is 0. The van der Waals surface area contributed by atoms with Gasteiger partial charge in [-0.05, 0) is 35.2 Å². The number of carbonyl (C=O) groups excluding carboxylic acids is 1. The molecule has 0 aliphatic carbocycles. The summed E-state index contributed by atoms with van der Waals surface area (Å²) in [5, 5.41) is 1.64. The van der Waals surface area contributed by atoms with E-state index in [4.69, 9.17) is 9.47 Å². The Kier molecular flexibility index (Phi) is 4.67. The molecule has 0 atom stereocenters. The van der Waals surface area contributed by atoms with Gasteiger partial charge in [0.05, 0.1) is 14.2 Å². The second-order valence-electron chi connectivity index (χ2n) is 5.54. The first-order valence-electron chi connectivity index (χ1n) is 7.61. The van der Waals surface area contributed by atoms with Gasteiger partial charge in [-0.2, -0.15) is 8.42 Å². The molecule has 7 heteroatoms. The quantitative estimate of drug-likeness (QED) is 0.544. The van der Waals surface area contributed by atoms with Gasteiger partial charge in [-0.1, -0.05) is 24.3 Å². The minimum Gasteiger partial charge on any atom is -0.496 e. The summed E-state index contributed by atoms with van der Waals surface area (Å²) in [6, 6.07) is 13.3. The molecule has 0 heterocycles. The van der Waals surface area contributed by atoms with Crippen LogP contribution >= 0.6 is 0 Å². The number of fused-ring (bicyclic) bond motifs is 1. The van der Waals surface area contributed by atoms with Gasteiger partial charge in [-0.3, -0.25) is 9.35 Å². The highest BCUT2D eigenvalue weighted by atomic mass is 32.2. The maximum atomic E-state index is 11.6. The van der Waals surface area contributed by atoms with Crippen LogP contribution in [0, 0.1) is 0 Å². The number of benzene rings is 3. The second-order valence-corrected chi connectivity index (χ2v) is 6.93. The Balaban J connectivity index is 2.38. The molecule has 134 valence electrons. The summed E-state index contributed by atoms with van der Waals surface area (Å²) < 4.78 is 43.4. The molecule has 0 aromatic heterocycles. The number of methoxy groups -OCH3 is 2. The predicted octanol–water partition coefficient (Wildman–Crippen LogP) is 3.58. The van der Waals surface area contributed by atoms with Gasteiger partial charge >= 0.3 is 0 Å². The van der Waals surface area contributed by atoms with Crippen LogP contribution in [-0.4, -0.2) is 33.5 Å².